The maximum atomic E-state index is 13.5. The summed E-state index contributed by atoms with van der Waals surface area (Å²) < 4.78 is 14.4. The van der Waals surface area contributed by atoms with Gasteiger partial charge < -0.3 is 4.98 Å². The maximum Gasteiger partial charge on any atom is 0.254 e. The number of thioether (sulfide) groups is 1. The zero-order valence-corrected chi connectivity index (χ0v) is 20.5. The second-order valence-corrected chi connectivity index (χ2v) is 9.52. The molecule has 0 spiro atoms. The van der Waals surface area contributed by atoms with Gasteiger partial charge in [0, 0.05) is 22.2 Å². The predicted octanol–water partition coefficient (Wildman–Crippen LogP) is 5.01. The molecule has 1 aliphatic rings. The van der Waals surface area contributed by atoms with Gasteiger partial charge in [-0.1, -0.05) is 58.9 Å². The molecule has 3 aromatic rings. The average Bonchev–Trinajstić information content (AvgIpc) is 3.24. The minimum absolute atomic E-state index is 0.0582. The van der Waals surface area contributed by atoms with Crippen LogP contribution in [0.4, 0.5) is 4.39 Å². The standard InChI is InChI=1S/C24H22BrFN4O2S/c1-3-19-14(2)27-24(28-23(19)32)33-13-22(31)30-21(16-6-10-18(26)11-7-16)12-20(29-30)15-4-8-17(25)9-5-15/h4-11,21H,3,12-13H2,1-2H3,(H,27,28,32). The molecule has 0 saturated heterocycles. The van der Waals surface area contributed by atoms with E-state index >= 15 is 0 Å². The van der Waals surface area contributed by atoms with Gasteiger partial charge in [-0.2, -0.15) is 5.10 Å². The minimum Gasteiger partial charge on any atom is -0.301 e. The highest BCUT2D eigenvalue weighted by atomic mass is 79.9. The number of hydrogen-bond donors (Lipinski definition) is 1. The molecule has 1 aliphatic heterocycles. The first kappa shape index (κ1) is 23.4. The minimum atomic E-state index is -0.339. The van der Waals surface area contributed by atoms with E-state index in [-0.39, 0.29) is 29.1 Å². The summed E-state index contributed by atoms with van der Waals surface area (Å²) in [7, 11) is 0. The lowest BCUT2D eigenvalue weighted by molar-refractivity contribution is -0.130. The zero-order chi connectivity index (χ0) is 23.5. The Hall–Kier alpha value is -2.78. The fourth-order valence-electron chi connectivity index (χ4n) is 3.77. The maximum absolute atomic E-state index is 13.5. The van der Waals surface area contributed by atoms with Crippen molar-refractivity contribution in [3.63, 3.8) is 0 Å². The second kappa shape index (κ2) is 10.0. The number of nitrogens with zero attached hydrogens (tertiary/aromatic N) is 3. The Bertz CT molecular complexity index is 1260. The average molecular weight is 529 g/mol. The van der Waals surface area contributed by atoms with E-state index in [1.165, 1.54) is 28.9 Å². The van der Waals surface area contributed by atoms with E-state index in [0.29, 0.717) is 29.3 Å². The van der Waals surface area contributed by atoms with E-state index in [0.717, 1.165) is 21.3 Å². The molecular weight excluding hydrogens is 507 g/mol. The van der Waals surface area contributed by atoms with Gasteiger partial charge in [0.1, 0.15) is 5.82 Å². The molecule has 0 saturated carbocycles. The summed E-state index contributed by atoms with van der Waals surface area (Å²) in [5.74, 6) is -0.496. The highest BCUT2D eigenvalue weighted by molar-refractivity contribution is 9.10. The van der Waals surface area contributed by atoms with Gasteiger partial charge in [0.25, 0.3) is 11.5 Å². The Kier molecular flexibility index (Phi) is 7.09. The summed E-state index contributed by atoms with van der Waals surface area (Å²) in [6.45, 7) is 3.69. The van der Waals surface area contributed by atoms with E-state index in [4.69, 9.17) is 0 Å². The molecule has 1 N–H and O–H groups in total. The van der Waals surface area contributed by atoms with E-state index in [1.807, 2.05) is 31.2 Å². The molecule has 1 amide bonds. The SMILES string of the molecule is CCc1c(C)nc(SCC(=O)N2N=C(c3ccc(Br)cc3)CC2c2ccc(F)cc2)[nH]c1=O. The van der Waals surface area contributed by atoms with Gasteiger partial charge in [-0.3, -0.25) is 9.59 Å². The van der Waals surface area contributed by atoms with E-state index in [9.17, 15) is 14.0 Å². The van der Waals surface area contributed by atoms with E-state index in [1.54, 1.807) is 19.1 Å². The topological polar surface area (TPSA) is 78.4 Å². The largest absolute Gasteiger partial charge is 0.301 e. The van der Waals surface area contributed by atoms with Gasteiger partial charge >= 0.3 is 0 Å². The van der Waals surface area contributed by atoms with Crippen LogP contribution in [-0.2, 0) is 11.2 Å². The van der Waals surface area contributed by atoms with Crippen LogP contribution in [0.2, 0.25) is 0 Å². The molecular formula is C24H22BrFN4O2S. The summed E-state index contributed by atoms with van der Waals surface area (Å²) in [5, 5.41) is 6.49. The molecule has 33 heavy (non-hydrogen) atoms. The van der Waals surface area contributed by atoms with Gasteiger partial charge in [-0.25, -0.2) is 14.4 Å². The molecule has 0 radical (unpaired) electrons. The summed E-state index contributed by atoms with van der Waals surface area (Å²) in [4.78, 5) is 32.6. The van der Waals surface area contributed by atoms with Crippen molar-refractivity contribution in [2.24, 2.45) is 5.10 Å². The molecule has 9 heteroatoms. The predicted molar refractivity (Wildman–Crippen MR) is 131 cm³/mol. The molecule has 0 bridgehead atoms. The summed E-state index contributed by atoms with van der Waals surface area (Å²) >= 11 is 4.60. The van der Waals surface area contributed by atoms with Crippen LogP contribution < -0.4 is 5.56 Å². The van der Waals surface area contributed by atoms with Crippen LogP contribution in [0.3, 0.4) is 0 Å². The number of carbonyl (C=O) groups excluding carboxylic acids is 1. The van der Waals surface area contributed by atoms with E-state index in [2.05, 4.69) is 31.0 Å². The number of H-pyrrole nitrogens is 1. The van der Waals surface area contributed by atoms with Crippen LogP contribution in [0.5, 0.6) is 0 Å². The van der Waals surface area contributed by atoms with Crippen LogP contribution in [-0.4, -0.2) is 32.3 Å². The van der Waals surface area contributed by atoms with Gasteiger partial charge in [0.15, 0.2) is 5.16 Å². The molecule has 1 unspecified atom stereocenters. The van der Waals surface area contributed by atoms with E-state index < -0.39 is 0 Å². The second-order valence-electron chi connectivity index (χ2n) is 7.64. The Morgan fingerprint density at radius 2 is 1.91 bits per heavy atom. The number of hydrazone groups is 1. The number of aromatic amines is 1. The normalized spacial score (nSPS) is 15.6. The molecule has 4 rings (SSSR count). The first-order valence-electron chi connectivity index (χ1n) is 10.5. The highest BCUT2D eigenvalue weighted by Crippen LogP contribution is 2.34. The number of benzene rings is 2. The molecule has 1 atom stereocenters. The number of halogens is 2. The highest BCUT2D eigenvalue weighted by Gasteiger charge is 2.33. The van der Waals surface area contributed by atoms with Crippen molar-refractivity contribution >= 4 is 39.3 Å². The first-order valence-corrected chi connectivity index (χ1v) is 12.3. The Morgan fingerprint density at radius 3 is 2.55 bits per heavy atom. The number of aromatic nitrogens is 2. The Morgan fingerprint density at radius 1 is 1.21 bits per heavy atom. The van der Waals surface area contributed by atoms with Crippen LogP contribution in [0, 0.1) is 12.7 Å². The molecule has 6 nitrogen and oxygen atoms in total. The Balaban J connectivity index is 1.58. The lowest BCUT2D eigenvalue weighted by Gasteiger charge is -2.22. The molecule has 1 aromatic heterocycles. The third-order valence-electron chi connectivity index (χ3n) is 5.48. The summed E-state index contributed by atoms with van der Waals surface area (Å²) in [5.41, 5.74) is 3.64. The fourth-order valence-corrected chi connectivity index (χ4v) is 4.79. The third-order valence-corrected chi connectivity index (χ3v) is 6.87. The van der Waals surface area contributed by atoms with Crippen molar-refractivity contribution in [1.29, 1.82) is 0 Å². The molecule has 0 aliphatic carbocycles. The van der Waals surface area contributed by atoms with Crippen LogP contribution in [0.25, 0.3) is 0 Å². The van der Waals surface area contributed by atoms with Gasteiger partial charge in [0.2, 0.25) is 0 Å². The number of carbonyl (C=O) groups is 1. The zero-order valence-electron chi connectivity index (χ0n) is 18.1. The first-order chi connectivity index (χ1) is 15.9. The molecule has 0 fully saturated rings. The summed E-state index contributed by atoms with van der Waals surface area (Å²) in [6.07, 6.45) is 1.11. The van der Waals surface area contributed by atoms with Gasteiger partial charge in [-0.15, -0.1) is 0 Å². The number of nitrogens with one attached hydrogen (secondary N) is 1. The lowest BCUT2D eigenvalue weighted by Crippen LogP contribution is -2.29. The number of aryl methyl sites for hydroxylation is 1. The molecule has 2 heterocycles. The number of rotatable bonds is 6. The van der Waals surface area contributed by atoms with Crippen molar-refractivity contribution in [2.75, 3.05) is 5.75 Å². The van der Waals surface area contributed by atoms with Crippen LogP contribution in [0.15, 0.2) is 68.1 Å². The quantitative estimate of drug-likeness (QED) is 0.360. The molecule has 2 aromatic carbocycles. The van der Waals surface area contributed by atoms with Crippen molar-refractivity contribution in [3.8, 4) is 0 Å². The fraction of sp³-hybridized carbons (Fsp3) is 0.250. The van der Waals surface area contributed by atoms with Crippen molar-refractivity contribution in [1.82, 2.24) is 15.0 Å². The van der Waals surface area contributed by atoms with Crippen molar-refractivity contribution < 1.29 is 9.18 Å². The van der Waals surface area contributed by atoms with Crippen LogP contribution in [0.1, 0.15) is 41.8 Å². The smallest absolute Gasteiger partial charge is 0.254 e. The van der Waals surface area contributed by atoms with Crippen LogP contribution >= 0.6 is 27.7 Å². The monoisotopic (exact) mass is 528 g/mol. The van der Waals surface area contributed by atoms with Crippen molar-refractivity contribution in [2.45, 2.75) is 37.9 Å². The molecule has 170 valence electrons. The van der Waals surface area contributed by atoms with Gasteiger partial charge in [0.05, 0.1) is 17.5 Å². The lowest BCUT2D eigenvalue weighted by atomic mass is 9.98. The Labute approximate surface area is 203 Å². The van der Waals surface area contributed by atoms with Gasteiger partial charge in [-0.05, 0) is 48.7 Å². The number of hydrogen-bond acceptors (Lipinski definition) is 5. The number of amides is 1. The summed E-state index contributed by atoms with van der Waals surface area (Å²) in [6, 6.07) is 13.5. The van der Waals surface area contributed by atoms with Crippen molar-refractivity contribution in [3.05, 3.63) is 91.6 Å². The third kappa shape index (κ3) is 5.25.